The van der Waals surface area contributed by atoms with Crippen LogP contribution in [0, 0.1) is 0 Å². The lowest BCUT2D eigenvalue weighted by atomic mass is 10.0. The number of unbranched alkanes of at least 4 members (excludes halogenated alkanes) is 41. The maximum Gasteiger partial charge on any atom is 0.472 e. The van der Waals surface area contributed by atoms with Crippen molar-refractivity contribution in [3.8, 4) is 0 Å². The van der Waals surface area contributed by atoms with Gasteiger partial charge >= 0.3 is 7.82 Å². The van der Waals surface area contributed by atoms with E-state index in [4.69, 9.17) is 9.05 Å². The number of aliphatic hydroxyl groups excluding tert-OH is 1. The molecule has 0 aliphatic heterocycles. The second-order valence-electron chi connectivity index (χ2n) is 22.8. The van der Waals surface area contributed by atoms with E-state index in [9.17, 15) is 19.4 Å². The SMILES string of the molecule is CCCCCCCCCCC/C=C\C/C=C\CCCCCCCCCCCCCCCC(=O)NC(COP(=O)(O)OCC[N+](C)(C)C)C(O)CCCCCCCCCCCCCCCCCCCCCC. The lowest BCUT2D eigenvalue weighted by molar-refractivity contribution is -0.870. The van der Waals surface area contributed by atoms with E-state index in [1.807, 2.05) is 21.1 Å². The Labute approximate surface area is 443 Å². The van der Waals surface area contributed by atoms with E-state index in [2.05, 4.69) is 43.5 Å². The standard InChI is InChI=1S/C62H123N2O6P/c1-6-8-10-12-14-16-18-20-22-24-26-28-29-30-31-32-33-34-35-36-38-40-42-44-46-48-50-52-54-56-62(66)63-60(59-70-71(67,68)69-58-57-64(3,4)5)61(65)55-53-51-49-47-45-43-41-39-37-27-25-23-21-19-17-15-13-11-9-7-2/h26,28,30-31,60-61,65H,6-25,27,29,32-59H2,1-5H3,(H-,63,66,67,68)/p+1/b28-26-,31-30-. The fourth-order valence-corrected chi connectivity index (χ4v) is 10.3. The number of hydrogen-bond acceptors (Lipinski definition) is 5. The Hall–Kier alpha value is -1.02. The van der Waals surface area contributed by atoms with Crippen molar-refractivity contribution in [3.63, 3.8) is 0 Å². The lowest BCUT2D eigenvalue weighted by Gasteiger charge is -2.26. The Kier molecular flexibility index (Phi) is 53.0. The molecule has 0 aliphatic rings. The summed E-state index contributed by atoms with van der Waals surface area (Å²) in [4.78, 5) is 23.4. The topological polar surface area (TPSA) is 105 Å². The van der Waals surface area contributed by atoms with Gasteiger partial charge in [-0.2, -0.15) is 0 Å². The molecule has 0 aromatic rings. The predicted octanol–water partition coefficient (Wildman–Crippen LogP) is 19.2. The first-order chi connectivity index (χ1) is 34.5. The third kappa shape index (κ3) is 56.5. The number of nitrogens with one attached hydrogen (secondary N) is 1. The summed E-state index contributed by atoms with van der Waals surface area (Å²) in [6.45, 7) is 4.94. The summed E-state index contributed by atoms with van der Waals surface area (Å²) in [6.07, 6.45) is 68.2. The molecule has 422 valence electrons. The Morgan fingerprint density at radius 1 is 0.479 bits per heavy atom. The monoisotopic (exact) mass is 1020 g/mol. The number of rotatable bonds is 58. The second-order valence-corrected chi connectivity index (χ2v) is 24.2. The second kappa shape index (κ2) is 53.8. The normalized spacial score (nSPS) is 14.0. The van der Waals surface area contributed by atoms with Crippen molar-refractivity contribution >= 4 is 13.7 Å². The molecule has 0 aliphatic carbocycles. The van der Waals surface area contributed by atoms with Gasteiger partial charge in [-0.15, -0.1) is 0 Å². The molecule has 0 saturated heterocycles. The summed E-state index contributed by atoms with van der Waals surface area (Å²) in [5.41, 5.74) is 0. The Bertz CT molecular complexity index is 1210. The van der Waals surface area contributed by atoms with Crippen molar-refractivity contribution in [2.24, 2.45) is 0 Å². The van der Waals surface area contributed by atoms with E-state index >= 15 is 0 Å². The zero-order chi connectivity index (χ0) is 52.0. The van der Waals surface area contributed by atoms with E-state index < -0.39 is 20.0 Å². The van der Waals surface area contributed by atoms with Gasteiger partial charge < -0.3 is 19.8 Å². The average molecular weight is 1020 g/mol. The van der Waals surface area contributed by atoms with Gasteiger partial charge in [0.2, 0.25) is 5.91 Å². The number of phosphoric ester groups is 1. The van der Waals surface area contributed by atoms with Crippen LogP contribution < -0.4 is 5.32 Å². The maximum absolute atomic E-state index is 13.0. The highest BCUT2D eigenvalue weighted by Crippen LogP contribution is 2.43. The van der Waals surface area contributed by atoms with Crippen LogP contribution in [0.3, 0.4) is 0 Å². The van der Waals surface area contributed by atoms with Gasteiger partial charge in [-0.05, 0) is 44.9 Å². The number of nitrogens with zero attached hydrogens (tertiary/aromatic N) is 1. The smallest absolute Gasteiger partial charge is 0.391 e. The molecule has 3 unspecified atom stereocenters. The molecule has 0 saturated carbocycles. The molecule has 8 nitrogen and oxygen atoms in total. The minimum absolute atomic E-state index is 0.0763. The summed E-state index contributed by atoms with van der Waals surface area (Å²) in [5, 5.41) is 14.1. The zero-order valence-electron chi connectivity index (χ0n) is 48.2. The number of hydrogen-bond donors (Lipinski definition) is 3. The number of amides is 1. The van der Waals surface area contributed by atoms with Crippen molar-refractivity contribution in [2.75, 3.05) is 40.9 Å². The predicted molar refractivity (Wildman–Crippen MR) is 309 cm³/mol. The van der Waals surface area contributed by atoms with Gasteiger partial charge in [-0.25, -0.2) is 4.57 Å². The minimum Gasteiger partial charge on any atom is -0.391 e. The Morgan fingerprint density at radius 3 is 1.15 bits per heavy atom. The Morgan fingerprint density at radius 2 is 0.803 bits per heavy atom. The van der Waals surface area contributed by atoms with E-state index in [1.54, 1.807) is 0 Å². The molecule has 0 heterocycles. The third-order valence-corrected chi connectivity index (χ3v) is 15.4. The van der Waals surface area contributed by atoms with Gasteiger partial charge in [0.1, 0.15) is 13.2 Å². The van der Waals surface area contributed by atoms with Gasteiger partial charge in [0.25, 0.3) is 0 Å². The summed E-state index contributed by atoms with van der Waals surface area (Å²) >= 11 is 0. The lowest BCUT2D eigenvalue weighted by Crippen LogP contribution is -2.46. The number of aliphatic hydroxyl groups is 1. The Balaban J connectivity index is 4.08. The van der Waals surface area contributed by atoms with Crippen LogP contribution in [0.4, 0.5) is 0 Å². The number of likely N-dealkylation sites (N-methyl/N-ethyl adjacent to an activating group) is 1. The van der Waals surface area contributed by atoms with E-state index in [0.717, 1.165) is 44.9 Å². The quantitative estimate of drug-likeness (QED) is 0.0243. The molecule has 71 heavy (non-hydrogen) atoms. The molecule has 0 rings (SSSR count). The van der Waals surface area contributed by atoms with Gasteiger partial charge in [0.15, 0.2) is 0 Å². The van der Waals surface area contributed by atoms with Crippen LogP contribution in [0.2, 0.25) is 0 Å². The molecule has 3 N–H and O–H groups in total. The van der Waals surface area contributed by atoms with E-state index in [0.29, 0.717) is 23.9 Å². The summed E-state index contributed by atoms with van der Waals surface area (Å²) < 4.78 is 23.8. The van der Waals surface area contributed by atoms with Gasteiger partial charge in [-0.1, -0.05) is 289 Å². The molecule has 0 fully saturated rings. The highest BCUT2D eigenvalue weighted by atomic mass is 31.2. The van der Waals surface area contributed by atoms with E-state index in [1.165, 1.54) is 244 Å². The molecule has 0 aromatic heterocycles. The molecular formula is C62H124N2O6P+. The van der Waals surface area contributed by atoms with Crippen LogP contribution in [0.1, 0.15) is 316 Å². The molecule has 9 heteroatoms. The van der Waals surface area contributed by atoms with Crippen LogP contribution in [-0.4, -0.2) is 73.4 Å². The van der Waals surface area contributed by atoms with Crippen LogP contribution in [-0.2, 0) is 18.4 Å². The van der Waals surface area contributed by atoms with E-state index in [-0.39, 0.29) is 19.1 Å². The highest BCUT2D eigenvalue weighted by Gasteiger charge is 2.28. The fourth-order valence-electron chi connectivity index (χ4n) is 9.55. The molecular weight excluding hydrogens is 900 g/mol. The van der Waals surface area contributed by atoms with Crippen LogP contribution in [0.5, 0.6) is 0 Å². The largest absolute Gasteiger partial charge is 0.472 e. The number of carbonyl (C=O) groups excluding carboxylic acids is 1. The first-order valence-corrected chi connectivity index (χ1v) is 32.7. The highest BCUT2D eigenvalue weighted by molar-refractivity contribution is 7.47. The maximum atomic E-state index is 13.0. The van der Waals surface area contributed by atoms with Crippen molar-refractivity contribution in [3.05, 3.63) is 24.3 Å². The molecule has 0 aromatic carbocycles. The minimum atomic E-state index is -4.32. The van der Waals surface area contributed by atoms with Crippen molar-refractivity contribution in [2.45, 2.75) is 328 Å². The molecule has 0 radical (unpaired) electrons. The summed E-state index contributed by atoms with van der Waals surface area (Å²) in [6, 6.07) is -0.760. The number of quaternary nitrogens is 1. The molecule has 1 amide bonds. The number of carbonyl (C=O) groups is 1. The number of allylic oxidation sites excluding steroid dienone is 4. The van der Waals surface area contributed by atoms with Gasteiger partial charge in [0, 0.05) is 6.42 Å². The fraction of sp³-hybridized carbons (Fsp3) is 0.919. The molecule has 0 bridgehead atoms. The van der Waals surface area contributed by atoms with Crippen LogP contribution >= 0.6 is 7.82 Å². The zero-order valence-corrected chi connectivity index (χ0v) is 49.1. The summed E-state index contributed by atoms with van der Waals surface area (Å²) in [5.74, 6) is -0.140. The van der Waals surface area contributed by atoms with Crippen LogP contribution in [0.25, 0.3) is 0 Å². The number of phosphoric acid groups is 1. The average Bonchev–Trinajstić information content (AvgIpc) is 3.33. The molecule has 0 spiro atoms. The van der Waals surface area contributed by atoms with Crippen molar-refractivity contribution in [1.29, 1.82) is 0 Å². The van der Waals surface area contributed by atoms with Gasteiger partial charge in [0.05, 0.1) is 39.9 Å². The van der Waals surface area contributed by atoms with Crippen molar-refractivity contribution in [1.82, 2.24) is 5.32 Å². The first kappa shape index (κ1) is 70.0. The third-order valence-electron chi connectivity index (χ3n) is 14.5. The molecule has 3 atom stereocenters. The van der Waals surface area contributed by atoms with Crippen molar-refractivity contribution < 1.29 is 32.9 Å². The summed E-state index contributed by atoms with van der Waals surface area (Å²) in [7, 11) is 1.63. The first-order valence-electron chi connectivity index (χ1n) is 31.2. The van der Waals surface area contributed by atoms with Crippen LogP contribution in [0.15, 0.2) is 24.3 Å². The van der Waals surface area contributed by atoms with Gasteiger partial charge in [-0.3, -0.25) is 13.8 Å².